The van der Waals surface area contributed by atoms with Crippen molar-refractivity contribution in [2.75, 3.05) is 19.8 Å². The molecule has 0 radical (unpaired) electrons. The van der Waals surface area contributed by atoms with Gasteiger partial charge in [0.15, 0.2) is 0 Å². The molecule has 1 saturated carbocycles. The number of aliphatic imine (C=N–C) groups is 1. The Morgan fingerprint density at radius 3 is 2.61 bits per heavy atom. The summed E-state index contributed by atoms with van der Waals surface area (Å²) >= 11 is 0. The van der Waals surface area contributed by atoms with Crippen LogP contribution in [0.15, 0.2) is 47.6 Å². The average molecular weight is 377 g/mol. The highest BCUT2D eigenvalue weighted by molar-refractivity contribution is 6.15. The Morgan fingerprint density at radius 1 is 1.21 bits per heavy atom. The third kappa shape index (κ3) is 3.72. The van der Waals surface area contributed by atoms with Gasteiger partial charge in [-0.05, 0) is 56.2 Å². The number of nitrogens with one attached hydrogen (secondary N) is 1. The van der Waals surface area contributed by atoms with Crippen molar-refractivity contribution in [1.82, 2.24) is 4.98 Å². The molecule has 0 spiro atoms. The van der Waals surface area contributed by atoms with Gasteiger partial charge in [0, 0.05) is 53.9 Å². The van der Waals surface area contributed by atoms with Crippen LogP contribution in [0.5, 0.6) is 0 Å². The van der Waals surface area contributed by atoms with Crippen molar-refractivity contribution in [2.24, 2.45) is 16.6 Å². The van der Waals surface area contributed by atoms with Crippen LogP contribution in [-0.4, -0.2) is 36.3 Å². The summed E-state index contributed by atoms with van der Waals surface area (Å²) < 4.78 is 5.42. The number of pyridine rings is 1. The minimum atomic E-state index is -0.217. The first-order valence-electron chi connectivity index (χ1n) is 10.1. The number of nitrogens with zero attached hydrogens (tertiary/aromatic N) is 2. The van der Waals surface area contributed by atoms with Crippen molar-refractivity contribution < 1.29 is 4.74 Å². The molecule has 0 bridgehead atoms. The van der Waals surface area contributed by atoms with E-state index in [0.717, 1.165) is 62.3 Å². The normalized spacial score (nSPS) is 19.4. The summed E-state index contributed by atoms with van der Waals surface area (Å²) in [5.74, 6) is 1.07. The first kappa shape index (κ1) is 18.8. The fourth-order valence-corrected chi connectivity index (χ4v) is 4.08. The van der Waals surface area contributed by atoms with E-state index < -0.39 is 0 Å². The maximum absolute atomic E-state index is 9.02. The van der Waals surface area contributed by atoms with Crippen molar-refractivity contribution in [3.05, 3.63) is 65.0 Å². The number of aryl methyl sites for hydroxylation is 1. The third-order valence-electron chi connectivity index (χ3n) is 6.01. The van der Waals surface area contributed by atoms with E-state index in [-0.39, 0.29) is 5.41 Å². The average Bonchev–Trinajstić information content (AvgIpc) is 3.54. The van der Waals surface area contributed by atoms with Gasteiger partial charge < -0.3 is 15.9 Å². The van der Waals surface area contributed by atoms with E-state index in [0.29, 0.717) is 17.5 Å². The molecule has 146 valence electrons. The molecule has 2 aromatic rings. The Hall–Kier alpha value is -2.53. The van der Waals surface area contributed by atoms with Crippen LogP contribution < -0.4 is 5.73 Å². The summed E-state index contributed by atoms with van der Waals surface area (Å²) in [5.41, 5.74) is 10.7. The maximum atomic E-state index is 9.02. The minimum Gasteiger partial charge on any atom is -0.383 e. The number of rotatable bonds is 6. The molecular weight excluding hydrogens is 348 g/mol. The Balaban J connectivity index is 1.60. The number of aromatic nitrogens is 1. The summed E-state index contributed by atoms with van der Waals surface area (Å²) in [6, 6.07) is 12.1. The van der Waals surface area contributed by atoms with Gasteiger partial charge in [-0.2, -0.15) is 0 Å². The summed E-state index contributed by atoms with van der Waals surface area (Å²) in [6.45, 7) is 4.36. The second kappa shape index (κ2) is 7.84. The van der Waals surface area contributed by atoms with Gasteiger partial charge in [0.05, 0.1) is 0 Å². The molecule has 1 saturated heterocycles. The molecule has 0 atom stereocenters. The van der Waals surface area contributed by atoms with Gasteiger partial charge in [-0.1, -0.05) is 24.3 Å². The number of hydrogen-bond acceptors (Lipinski definition) is 4. The highest BCUT2D eigenvalue weighted by Crippen LogP contribution is 2.50. The van der Waals surface area contributed by atoms with E-state index in [2.05, 4.69) is 16.0 Å². The van der Waals surface area contributed by atoms with E-state index >= 15 is 0 Å². The number of hydrogen-bond donors (Lipinski definition) is 2. The summed E-state index contributed by atoms with van der Waals surface area (Å²) in [5, 5.41) is 9.02. The van der Waals surface area contributed by atoms with Gasteiger partial charge in [-0.15, -0.1) is 0 Å². The molecule has 1 aliphatic heterocycles. The van der Waals surface area contributed by atoms with Crippen molar-refractivity contribution >= 4 is 11.5 Å². The first-order chi connectivity index (χ1) is 13.6. The maximum Gasteiger partial charge on any atom is 0.126 e. The smallest absolute Gasteiger partial charge is 0.126 e. The number of benzene rings is 1. The second-order valence-electron chi connectivity index (χ2n) is 7.97. The molecule has 1 aromatic heterocycles. The van der Waals surface area contributed by atoms with E-state index in [1.807, 2.05) is 43.5 Å². The lowest BCUT2D eigenvalue weighted by Gasteiger charge is -2.21. The highest BCUT2D eigenvalue weighted by Gasteiger charge is 2.49. The predicted octanol–water partition coefficient (Wildman–Crippen LogP) is 3.62. The van der Waals surface area contributed by atoms with Crippen LogP contribution in [-0.2, 0) is 10.2 Å². The summed E-state index contributed by atoms with van der Waals surface area (Å²) in [6.07, 6.45) is 5.90. The van der Waals surface area contributed by atoms with Crippen LogP contribution in [0.2, 0.25) is 0 Å². The van der Waals surface area contributed by atoms with Crippen LogP contribution in [0.3, 0.4) is 0 Å². The molecule has 0 amide bonds. The Labute approximate surface area is 166 Å². The topological polar surface area (TPSA) is 84.4 Å². The number of ether oxygens (including phenoxy) is 1. The van der Waals surface area contributed by atoms with E-state index in [1.165, 1.54) is 5.56 Å². The van der Waals surface area contributed by atoms with Gasteiger partial charge in [-0.25, -0.2) is 0 Å². The van der Waals surface area contributed by atoms with Crippen molar-refractivity contribution in [2.45, 2.75) is 38.0 Å². The van der Waals surface area contributed by atoms with Crippen molar-refractivity contribution in [3.8, 4) is 0 Å². The molecule has 1 aromatic carbocycles. The van der Waals surface area contributed by atoms with E-state index in [1.54, 1.807) is 0 Å². The molecular formula is C23H28N4O. The molecule has 1 aliphatic carbocycles. The quantitative estimate of drug-likeness (QED) is 0.596. The predicted molar refractivity (Wildman–Crippen MR) is 112 cm³/mol. The molecule has 4 rings (SSSR count). The zero-order valence-electron chi connectivity index (χ0n) is 16.4. The van der Waals surface area contributed by atoms with Gasteiger partial charge in [0.2, 0.25) is 0 Å². The molecule has 2 fully saturated rings. The van der Waals surface area contributed by atoms with Gasteiger partial charge in [0.1, 0.15) is 5.84 Å². The molecule has 5 nitrogen and oxygen atoms in total. The van der Waals surface area contributed by atoms with Gasteiger partial charge in [0.25, 0.3) is 0 Å². The van der Waals surface area contributed by atoms with E-state index in [4.69, 9.17) is 15.9 Å². The standard InChI is InChI=1S/C23H28N4O/c1-16-14-18(6-11-26-16)23(9-10-23)21(24)19-4-2-3-5-20(19)22(25)27-15-17-7-12-28-13-8-17/h2-6,11,14,17,24H,7-10,12-13,15H2,1H3,(H2,25,27). The zero-order chi connectivity index (χ0) is 19.6. The lowest BCUT2D eigenvalue weighted by Crippen LogP contribution is -2.26. The van der Waals surface area contributed by atoms with Crippen LogP contribution in [0.25, 0.3) is 0 Å². The monoisotopic (exact) mass is 376 g/mol. The number of nitrogens with two attached hydrogens (primary N) is 1. The summed E-state index contributed by atoms with van der Waals surface area (Å²) in [4.78, 5) is 8.99. The van der Waals surface area contributed by atoms with Crippen LogP contribution >= 0.6 is 0 Å². The lowest BCUT2D eigenvalue weighted by molar-refractivity contribution is 0.0689. The largest absolute Gasteiger partial charge is 0.383 e. The van der Waals surface area contributed by atoms with E-state index in [9.17, 15) is 0 Å². The minimum absolute atomic E-state index is 0.217. The Kier molecular flexibility index (Phi) is 5.27. The molecule has 28 heavy (non-hydrogen) atoms. The van der Waals surface area contributed by atoms with Crippen molar-refractivity contribution in [3.63, 3.8) is 0 Å². The molecule has 5 heteroatoms. The molecule has 2 heterocycles. The van der Waals surface area contributed by atoms with Crippen LogP contribution in [0.4, 0.5) is 0 Å². The Morgan fingerprint density at radius 2 is 1.93 bits per heavy atom. The molecule has 0 unspecified atom stereocenters. The fraction of sp³-hybridized carbons (Fsp3) is 0.435. The molecule has 3 N–H and O–H groups in total. The number of amidine groups is 1. The Bertz CT molecular complexity index is 895. The fourth-order valence-electron chi connectivity index (χ4n) is 4.08. The zero-order valence-corrected chi connectivity index (χ0v) is 16.4. The lowest BCUT2D eigenvalue weighted by atomic mass is 9.85. The SMILES string of the molecule is Cc1cc(C2(C(=N)c3ccccc3C(N)=NCC3CCOCC3)CC2)ccn1. The van der Waals surface area contributed by atoms with Crippen LogP contribution in [0.1, 0.15) is 48.1 Å². The third-order valence-corrected chi connectivity index (χ3v) is 6.01. The van der Waals surface area contributed by atoms with Crippen molar-refractivity contribution in [1.29, 1.82) is 5.41 Å². The first-order valence-corrected chi connectivity index (χ1v) is 10.1. The highest BCUT2D eigenvalue weighted by atomic mass is 16.5. The summed E-state index contributed by atoms with van der Waals surface area (Å²) in [7, 11) is 0. The van der Waals surface area contributed by atoms with Crippen LogP contribution in [0, 0.1) is 18.3 Å². The van der Waals surface area contributed by atoms with Gasteiger partial charge in [-0.3, -0.25) is 9.98 Å². The second-order valence-corrected chi connectivity index (χ2v) is 7.97. The van der Waals surface area contributed by atoms with Gasteiger partial charge >= 0.3 is 0 Å². The molecule has 2 aliphatic rings.